The van der Waals surface area contributed by atoms with Crippen LogP contribution in [0, 0.1) is 20.8 Å². The van der Waals surface area contributed by atoms with Crippen LogP contribution in [0.5, 0.6) is 0 Å². The van der Waals surface area contributed by atoms with Crippen LogP contribution < -0.4 is 0 Å². The summed E-state index contributed by atoms with van der Waals surface area (Å²) in [5, 5.41) is 0. The second-order valence-electron chi connectivity index (χ2n) is 7.71. The summed E-state index contributed by atoms with van der Waals surface area (Å²) >= 11 is 0. The van der Waals surface area contributed by atoms with E-state index in [4.69, 9.17) is 4.98 Å². The highest BCUT2D eigenvalue weighted by molar-refractivity contribution is 5.93. The number of nitrogens with zero attached hydrogens (tertiary/aromatic N) is 1. The van der Waals surface area contributed by atoms with E-state index in [9.17, 15) is 4.79 Å². The summed E-state index contributed by atoms with van der Waals surface area (Å²) < 4.78 is 0. The predicted molar refractivity (Wildman–Crippen MR) is 112 cm³/mol. The molecule has 1 aliphatic carbocycles. The lowest BCUT2D eigenvalue weighted by Gasteiger charge is -2.30. The number of Topliss-reactive ketones (excluding diaryl/α,β-unsaturated/α-hetero) is 1. The minimum absolute atomic E-state index is 0. The summed E-state index contributed by atoms with van der Waals surface area (Å²) in [7, 11) is 0. The lowest BCUT2D eigenvalue weighted by atomic mass is 9.71. The van der Waals surface area contributed by atoms with Gasteiger partial charge in [0.25, 0.3) is 0 Å². The van der Waals surface area contributed by atoms with E-state index >= 15 is 0 Å². The van der Waals surface area contributed by atoms with Crippen LogP contribution in [0.25, 0.3) is 11.3 Å². The molecule has 27 heavy (non-hydrogen) atoms. The number of aromatic nitrogens is 1. The molecular weight excluding hydrogens is 330 g/mol. The van der Waals surface area contributed by atoms with Crippen molar-refractivity contribution in [2.24, 2.45) is 0 Å². The average molecular weight is 357 g/mol. The predicted octanol–water partition coefficient (Wildman–Crippen LogP) is 5.74. The van der Waals surface area contributed by atoms with Crippen molar-refractivity contribution >= 4 is 5.78 Å². The molecule has 0 aliphatic heterocycles. The molecule has 0 amide bonds. The Morgan fingerprint density at radius 3 is 2.41 bits per heavy atom. The third-order valence-electron chi connectivity index (χ3n) is 6.26. The number of carbonyl (C=O) groups excluding carboxylic acids is 1. The topological polar surface area (TPSA) is 30.0 Å². The van der Waals surface area contributed by atoms with Gasteiger partial charge in [-0.1, -0.05) is 48.5 Å². The fourth-order valence-electron chi connectivity index (χ4n) is 4.58. The van der Waals surface area contributed by atoms with Crippen molar-refractivity contribution in [1.82, 2.24) is 4.98 Å². The molecule has 138 valence electrons. The van der Waals surface area contributed by atoms with Crippen LogP contribution in [0.1, 0.15) is 48.3 Å². The molecule has 1 heterocycles. The molecule has 0 saturated heterocycles. The number of ketones is 1. The molecule has 0 spiro atoms. The number of carbonyl (C=O) groups is 1. The molecule has 2 heteroatoms. The van der Waals surface area contributed by atoms with Gasteiger partial charge in [-0.05, 0) is 74.4 Å². The van der Waals surface area contributed by atoms with Gasteiger partial charge in [0.2, 0.25) is 0 Å². The number of pyridine rings is 1. The van der Waals surface area contributed by atoms with E-state index in [0.717, 1.165) is 40.9 Å². The number of benzene rings is 2. The molecule has 4 rings (SSSR count). The summed E-state index contributed by atoms with van der Waals surface area (Å²) in [6.07, 6.45) is 1.63. The maximum absolute atomic E-state index is 13.0. The Kier molecular flexibility index (Phi) is 4.22. The maximum Gasteiger partial charge on any atom is 0.144 e. The quantitative estimate of drug-likeness (QED) is 0.598. The monoisotopic (exact) mass is 357 g/mol. The number of aryl methyl sites for hydroxylation is 3. The Morgan fingerprint density at radius 2 is 1.67 bits per heavy atom. The minimum atomic E-state index is -0.567. The third-order valence-corrected chi connectivity index (χ3v) is 6.26. The molecule has 2 aromatic carbocycles. The molecule has 2 nitrogen and oxygen atoms in total. The van der Waals surface area contributed by atoms with Crippen LogP contribution >= 0.6 is 0 Å². The molecule has 0 unspecified atom stereocenters. The summed E-state index contributed by atoms with van der Waals surface area (Å²) in [6.45, 7) is 8.08. The van der Waals surface area contributed by atoms with E-state index in [1.54, 1.807) is 6.92 Å². The van der Waals surface area contributed by atoms with Gasteiger partial charge < -0.3 is 0 Å². The van der Waals surface area contributed by atoms with Crippen LogP contribution in [-0.4, -0.2) is 10.8 Å². The second kappa shape index (κ2) is 6.45. The Bertz CT molecular complexity index is 1060. The summed E-state index contributed by atoms with van der Waals surface area (Å²) in [5.74, 6) is 0.209. The highest BCUT2D eigenvalue weighted by atomic mass is 16.1. The van der Waals surface area contributed by atoms with Gasteiger partial charge in [0.15, 0.2) is 0 Å². The lowest BCUT2D eigenvalue weighted by Crippen LogP contribution is -2.34. The van der Waals surface area contributed by atoms with Gasteiger partial charge in [-0.3, -0.25) is 9.78 Å². The molecule has 1 aliphatic rings. The molecule has 3 aromatic rings. The third kappa shape index (κ3) is 2.63. The number of hydrogen-bond acceptors (Lipinski definition) is 2. The summed E-state index contributed by atoms with van der Waals surface area (Å²) in [6, 6.07) is 18.8. The van der Waals surface area contributed by atoms with Gasteiger partial charge in [-0.15, -0.1) is 0 Å². The van der Waals surface area contributed by atoms with Crippen LogP contribution in [0.15, 0.2) is 54.6 Å². The SMILES string of the molecule is CC(=O)[C@@]1(c2cccc(C)c2C)CCc2nc(-c3ccccc3C)ccc21.[HH]. The van der Waals surface area contributed by atoms with E-state index in [2.05, 4.69) is 63.2 Å². The van der Waals surface area contributed by atoms with E-state index < -0.39 is 5.41 Å². The molecule has 0 N–H and O–H groups in total. The Balaban J connectivity index is 0.00000225. The smallest absolute Gasteiger partial charge is 0.144 e. The number of rotatable bonds is 3. The first-order chi connectivity index (χ1) is 12.9. The Labute approximate surface area is 162 Å². The number of fused-ring (bicyclic) bond motifs is 1. The van der Waals surface area contributed by atoms with Gasteiger partial charge in [-0.25, -0.2) is 0 Å². The van der Waals surface area contributed by atoms with E-state index in [1.165, 1.54) is 16.7 Å². The highest BCUT2D eigenvalue weighted by Gasteiger charge is 2.46. The normalized spacial score (nSPS) is 18.4. The first kappa shape index (κ1) is 17.7. The van der Waals surface area contributed by atoms with Crippen LogP contribution in [0.3, 0.4) is 0 Å². The first-order valence-corrected chi connectivity index (χ1v) is 9.59. The van der Waals surface area contributed by atoms with Crippen molar-refractivity contribution in [3.8, 4) is 11.3 Å². The minimum Gasteiger partial charge on any atom is -0.299 e. The Morgan fingerprint density at radius 1 is 0.926 bits per heavy atom. The zero-order chi connectivity index (χ0) is 19.2. The van der Waals surface area contributed by atoms with Gasteiger partial charge in [0.1, 0.15) is 5.78 Å². The molecule has 0 saturated carbocycles. The molecule has 1 atom stereocenters. The van der Waals surface area contributed by atoms with Gasteiger partial charge in [0.05, 0.1) is 11.1 Å². The van der Waals surface area contributed by atoms with Crippen LogP contribution in [-0.2, 0) is 16.6 Å². The maximum atomic E-state index is 13.0. The van der Waals surface area contributed by atoms with Crippen LogP contribution in [0.2, 0.25) is 0 Å². The van der Waals surface area contributed by atoms with Gasteiger partial charge >= 0.3 is 0 Å². The zero-order valence-electron chi connectivity index (χ0n) is 16.5. The summed E-state index contributed by atoms with van der Waals surface area (Å²) in [5.41, 5.74) is 8.53. The molecule has 0 radical (unpaired) electrons. The van der Waals surface area contributed by atoms with Gasteiger partial charge in [-0.2, -0.15) is 0 Å². The van der Waals surface area contributed by atoms with Crippen molar-refractivity contribution in [1.29, 1.82) is 0 Å². The van der Waals surface area contributed by atoms with Crippen molar-refractivity contribution in [2.45, 2.75) is 46.0 Å². The van der Waals surface area contributed by atoms with E-state index in [0.29, 0.717) is 0 Å². The second-order valence-corrected chi connectivity index (χ2v) is 7.71. The lowest BCUT2D eigenvalue weighted by molar-refractivity contribution is -0.121. The number of hydrogen-bond donors (Lipinski definition) is 0. The zero-order valence-corrected chi connectivity index (χ0v) is 16.5. The van der Waals surface area contributed by atoms with Gasteiger partial charge in [0, 0.05) is 12.7 Å². The standard InChI is InChI=1S/C25H25NO.H2/c1-16-9-7-11-21(18(16)3)25(19(4)27)15-14-24-22(25)12-13-23(26-24)20-10-6-5-8-17(20)2;/h5-13H,14-15H2,1-4H3;1H/t25-;/m1./s1. The Hall–Kier alpha value is -2.74. The fraction of sp³-hybridized carbons (Fsp3) is 0.280. The highest BCUT2D eigenvalue weighted by Crippen LogP contribution is 2.46. The van der Waals surface area contributed by atoms with Crippen molar-refractivity contribution in [2.75, 3.05) is 0 Å². The molecular formula is C25H27NO. The van der Waals surface area contributed by atoms with Crippen molar-refractivity contribution in [3.63, 3.8) is 0 Å². The van der Waals surface area contributed by atoms with Crippen molar-refractivity contribution in [3.05, 3.63) is 88.1 Å². The summed E-state index contributed by atoms with van der Waals surface area (Å²) in [4.78, 5) is 18.0. The van der Waals surface area contributed by atoms with Crippen LogP contribution in [0.4, 0.5) is 0 Å². The fourth-order valence-corrected chi connectivity index (χ4v) is 4.58. The molecule has 0 fully saturated rings. The molecule has 1 aromatic heterocycles. The van der Waals surface area contributed by atoms with E-state index in [1.807, 2.05) is 12.1 Å². The first-order valence-electron chi connectivity index (χ1n) is 9.59. The average Bonchev–Trinajstić information content (AvgIpc) is 3.04. The van der Waals surface area contributed by atoms with E-state index in [-0.39, 0.29) is 7.21 Å². The largest absolute Gasteiger partial charge is 0.299 e. The molecule has 0 bridgehead atoms. The van der Waals surface area contributed by atoms with Crippen molar-refractivity contribution < 1.29 is 6.22 Å².